The lowest BCUT2D eigenvalue weighted by Crippen LogP contribution is -2.39. The molecular formula is C18H32N4S. The number of guanidine groups is 1. The largest absolute Gasteiger partial charge is 0.378 e. The van der Waals surface area contributed by atoms with E-state index in [9.17, 15) is 0 Å². The summed E-state index contributed by atoms with van der Waals surface area (Å²) in [5.41, 5.74) is 2.57. The second kappa shape index (κ2) is 9.71. The van der Waals surface area contributed by atoms with E-state index >= 15 is 0 Å². The normalized spacial score (nSPS) is 12.2. The zero-order chi connectivity index (χ0) is 17.3. The predicted octanol–water partition coefficient (Wildman–Crippen LogP) is 2.99. The van der Waals surface area contributed by atoms with Crippen molar-refractivity contribution in [1.29, 1.82) is 0 Å². The lowest BCUT2D eigenvalue weighted by atomic mass is 10.1. The van der Waals surface area contributed by atoms with E-state index in [4.69, 9.17) is 4.99 Å². The third-order valence-electron chi connectivity index (χ3n) is 3.67. The monoisotopic (exact) mass is 336 g/mol. The van der Waals surface area contributed by atoms with E-state index in [1.54, 1.807) is 0 Å². The zero-order valence-electron chi connectivity index (χ0n) is 15.4. The minimum atomic E-state index is 0.171. The maximum absolute atomic E-state index is 4.69. The van der Waals surface area contributed by atoms with Crippen LogP contribution in [0.25, 0.3) is 0 Å². The third-order valence-corrected chi connectivity index (χ3v) is 4.91. The number of hydrogen-bond acceptors (Lipinski definition) is 3. The Balaban J connectivity index is 2.50. The van der Waals surface area contributed by atoms with Gasteiger partial charge >= 0.3 is 0 Å². The molecular weight excluding hydrogens is 304 g/mol. The number of rotatable bonds is 8. The van der Waals surface area contributed by atoms with E-state index < -0.39 is 0 Å². The standard InChI is InChI=1S/C18H32N4S/c1-7-19-17(21-14-18(2,3)23-6)20-13-12-15-8-10-16(11-9-15)22(4)5/h8-11H,7,12-14H2,1-6H3,(H2,19,20,21). The fraction of sp³-hybridized carbons (Fsp3) is 0.611. The van der Waals surface area contributed by atoms with Crippen molar-refractivity contribution in [3.63, 3.8) is 0 Å². The van der Waals surface area contributed by atoms with E-state index in [1.807, 2.05) is 11.8 Å². The molecule has 0 aromatic heterocycles. The highest BCUT2D eigenvalue weighted by Crippen LogP contribution is 2.20. The van der Waals surface area contributed by atoms with Gasteiger partial charge in [-0.05, 0) is 51.1 Å². The van der Waals surface area contributed by atoms with Crippen LogP contribution in [0.2, 0.25) is 0 Å². The molecule has 2 N–H and O–H groups in total. The van der Waals surface area contributed by atoms with Crippen molar-refractivity contribution < 1.29 is 0 Å². The third kappa shape index (κ3) is 7.64. The van der Waals surface area contributed by atoms with Crippen molar-refractivity contribution in [2.45, 2.75) is 31.9 Å². The first kappa shape index (κ1) is 19.7. The summed E-state index contributed by atoms with van der Waals surface area (Å²) in [4.78, 5) is 6.81. The summed E-state index contributed by atoms with van der Waals surface area (Å²) in [7, 11) is 4.12. The van der Waals surface area contributed by atoms with Crippen molar-refractivity contribution in [2.75, 3.05) is 44.9 Å². The number of anilines is 1. The average Bonchev–Trinajstić information content (AvgIpc) is 2.53. The molecule has 0 saturated carbocycles. The molecule has 4 nitrogen and oxygen atoms in total. The molecule has 0 saturated heterocycles. The lowest BCUT2D eigenvalue weighted by molar-refractivity contribution is 0.710. The summed E-state index contributed by atoms with van der Waals surface area (Å²) >= 11 is 1.84. The maximum atomic E-state index is 4.69. The Labute approximate surface area is 146 Å². The summed E-state index contributed by atoms with van der Waals surface area (Å²) in [6.45, 7) is 9.10. The van der Waals surface area contributed by atoms with Crippen molar-refractivity contribution in [1.82, 2.24) is 10.6 Å². The summed E-state index contributed by atoms with van der Waals surface area (Å²) in [5, 5.41) is 6.73. The topological polar surface area (TPSA) is 39.7 Å². The van der Waals surface area contributed by atoms with Crippen LogP contribution >= 0.6 is 11.8 Å². The van der Waals surface area contributed by atoms with E-state index in [2.05, 4.69) is 80.9 Å². The van der Waals surface area contributed by atoms with Crippen molar-refractivity contribution in [3.05, 3.63) is 29.8 Å². The smallest absolute Gasteiger partial charge is 0.191 e. The molecule has 0 bridgehead atoms. The van der Waals surface area contributed by atoms with Gasteiger partial charge in [-0.2, -0.15) is 11.8 Å². The van der Waals surface area contributed by atoms with Crippen LogP contribution in [0.4, 0.5) is 5.69 Å². The fourth-order valence-corrected chi connectivity index (χ4v) is 2.16. The van der Waals surface area contributed by atoms with Crippen LogP contribution in [0, 0.1) is 0 Å². The highest BCUT2D eigenvalue weighted by molar-refractivity contribution is 7.99. The lowest BCUT2D eigenvalue weighted by Gasteiger charge is -2.20. The molecule has 0 aliphatic heterocycles. The summed E-state index contributed by atoms with van der Waals surface area (Å²) in [6, 6.07) is 8.71. The Morgan fingerprint density at radius 3 is 2.35 bits per heavy atom. The van der Waals surface area contributed by atoms with Gasteiger partial charge in [0.15, 0.2) is 5.96 Å². The predicted molar refractivity (Wildman–Crippen MR) is 106 cm³/mol. The molecule has 0 aliphatic rings. The molecule has 5 heteroatoms. The molecule has 23 heavy (non-hydrogen) atoms. The van der Waals surface area contributed by atoms with E-state index in [0.717, 1.165) is 32.0 Å². The molecule has 1 rings (SSSR count). The Kier molecular flexibility index (Phi) is 8.31. The number of nitrogens with one attached hydrogen (secondary N) is 2. The fourth-order valence-electron chi connectivity index (χ4n) is 1.96. The van der Waals surface area contributed by atoms with Crippen LogP contribution in [-0.2, 0) is 6.42 Å². The molecule has 1 aromatic carbocycles. The van der Waals surface area contributed by atoms with Gasteiger partial charge in [-0.3, -0.25) is 4.99 Å². The molecule has 130 valence electrons. The first-order valence-corrected chi connectivity index (χ1v) is 9.44. The highest BCUT2D eigenvalue weighted by atomic mass is 32.2. The summed E-state index contributed by atoms with van der Waals surface area (Å²) < 4.78 is 0.171. The summed E-state index contributed by atoms with van der Waals surface area (Å²) in [5.74, 6) is 0.902. The summed E-state index contributed by atoms with van der Waals surface area (Å²) in [6.07, 6.45) is 3.12. The first-order valence-electron chi connectivity index (χ1n) is 8.21. The number of nitrogens with zero attached hydrogens (tertiary/aromatic N) is 2. The average molecular weight is 337 g/mol. The molecule has 0 spiro atoms. The Hall–Kier alpha value is -1.36. The molecule has 0 amide bonds. The Morgan fingerprint density at radius 1 is 1.17 bits per heavy atom. The minimum Gasteiger partial charge on any atom is -0.378 e. The Morgan fingerprint density at radius 2 is 1.83 bits per heavy atom. The van der Waals surface area contributed by atoms with Gasteiger partial charge in [0.05, 0.1) is 6.54 Å². The van der Waals surface area contributed by atoms with Crippen LogP contribution in [0.15, 0.2) is 29.3 Å². The number of aliphatic imine (C=N–C) groups is 1. The Bertz CT molecular complexity index is 480. The van der Waals surface area contributed by atoms with Gasteiger partial charge in [-0.15, -0.1) is 0 Å². The van der Waals surface area contributed by atoms with Gasteiger partial charge < -0.3 is 15.5 Å². The van der Waals surface area contributed by atoms with Crippen molar-refractivity contribution in [3.8, 4) is 0 Å². The van der Waals surface area contributed by atoms with Crippen LogP contribution in [0.1, 0.15) is 26.3 Å². The molecule has 0 unspecified atom stereocenters. The molecule has 0 aliphatic carbocycles. The minimum absolute atomic E-state index is 0.171. The van der Waals surface area contributed by atoms with Crippen molar-refractivity contribution >= 4 is 23.4 Å². The first-order chi connectivity index (χ1) is 10.9. The molecule has 0 radical (unpaired) electrons. The quantitative estimate of drug-likeness (QED) is 0.565. The van der Waals surface area contributed by atoms with Gasteiger partial charge in [0, 0.05) is 37.6 Å². The molecule has 1 aromatic rings. The zero-order valence-corrected chi connectivity index (χ0v) is 16.3. The second-order valence-electron chi connectivity index (χ2n) is 6.40. The van der Waals surface area contributed by atoms with Crippen molar-refractivity contribution in [2.24, 2.45) is 4.99 Å². The number of hydrogen-bond donors (Lipinski definition) is 2. The van der Waals surface area contributed by atoms with E-state index in [0.29, 0.717) is 0 Å². The van der Waals surface area contributed by atoms with Crippen LogP contribution in [0.5, 0.6) is 0 Å². The molecule has 0 fully saturated rings. The van der Waals surface area contributed by atoms with Gasteiger partial charge in [-0.25, -0.2) is 0 Å². The molecule has 0 heterocycles. The maximum Gasteiger partial charge on any atom is 0.191 e. The number of thioether (sulfide) groups is 1. The SMILES string of the molecule is CCNC(=NCC(C)(C)SC)NCCc1ccc(N(C)C)cc1. The van der Waals surface area contributed by atoms with Gasteiger partial charge in [0.2, 0.25) is 0 Å². The van der Waals surface area contributed by atoms with Gasteiger partial charge in [-0.1, -0.05) is 12.1 Å². The van der Waals surface area contributed by atoms with E-state index in [1.165, 1.54) is 11.3 Å². The van der Waals surface area contributed by atoms with Gasteiger partial charge in [0.1, 0.15) is 0 Å². The number of benzene rings is 1. The van der Waals surface area contributed by atoms with Gasteiger partial charge in [0.25, 0.3) is 0 Å². The van der Waals surface area contributed by atoms with Crippen LogP contribution in [0.3, 0.4) is 0 Å². The van der Waals surface area contributed by atoms with Crippen LogP contribution in [-0.4, -0.2) is 50.7 Å². The second-order valence-corrected chi connectivity index (χ2v) is 7.91. The highest BCUT2D eigenvalue weighted by Gasteiger charge is 2.15. The molecule has 0 atom stereocenters. The van der Waals surface area contributed by atoms with E-state index in [-0.39, 0.29) is 4.75 Å². The van der Waals surface area contributed by atoms with Crippen LogP contribution < -0.4 is 15.5 Å².